The first kappa shape index (κ1) is 17.7. The molecule has 1 fully saturated rings. The molecule has 0 bridgehead atoms. The summed E-state index contributed by atoms with van der Waals surface area (Å²) in [6, 6.07) is 7.54. The third-order valence-electron chi connectivity index (χ3n) is 3.69. The van der Waals surface area contributed by atoms with Gasteiger partial charge in [-0.2, -0.15) is 0 Å². The van der Waals surface area contributed by atoms with Crippen LogP contribution in [0.2, 0.25) is 0 Å². The maximum absolute atomic E-state index is 11.9. The average Bonchev–Trinajstić information content (AvgIpc) is 2.98. The minimum Gasteiger partial charge on any atom is -0.494 e. The largest absolute Gasteiger partial charge is 0.494 e. The van der Waals surface area contributed by atoms with Gasteiger partial charge < -0.3 is 19.9 Å². The summed E-state index contributed by atoms with van der Waals surface area (Å²) in [5, 5.41) is 11.8. The van der Waals surface area contributed by atoms with E-state index in [1.807, 2.05) is 24.3 Å². The van der Waals surface area contributed by atoms with Crippen LogP contribution in [0, 0.1) is 0 Å². The van der Waals surface area contributed by atoms with Crippen molar-refractivity contribution in [1.29, 1.82) is 0 Å². The van der Waals surface area contributed by atoms with Gasteiger partial charge in [0, 0.05) is 23.9 Å². The zero-order valence-corrected chi connectivity index (χ0v) is 14.3. The van der Waals surface area contributed by atoms with Crippen LogP contribution in [0.4, 0.5) is 0 Å². The summed E-state index contributed by atoms with van der Waals surface area (Å²) in [5.74, 6) is -0.519. The topological polar surface area (TPSA) is 84.9 Å². The molecule has 1 saturated heterocycles. The lowest BCUT2D eigenvalue weighted by molar-refractivity contribution is -0.147. The SMILES string of the molecule is O=C(CCCCOc1ccc(Br)cc1)NC1(C(=O)O)CCOC1. The highest BCUT2D eigenvalue weighted by Gasteiger charge is 2.43. The fourth-order valence-electron chi connectivity index (χ4n) is 2.32. The molecule has 1 amide bonds. The number of carbonyl (C=O) groups excluding carboxylic acids is 1. The normalized spacial score (nSPS) is 20.2. The molecule has 1 aromatic carbocycles. The van der Waals surface area contributed by atoms with E-state index >= 15 is 0 Å². The molecule has 1 aliphatic heterocycles. The van der Waals surface area contributed by atoms with Crippen molar-refractivity contribution in [3.63, 3.8) is 0 Å². The van der Waals surface area contributed by atoms with E-state index in [2.05, 4.69) is 21.2 Å². The van der Waals surface area contributed by atoms with Gasteiger partial charge in [-0.1, -0.05) is 15.9 Å². The molecule has 1 atom stereocenters. The number of hydrogen-bond donors (Lipinski definition) is 2. The van der Waals surface area contributed by atoms with E-state index in [1.165, 1.54) is 0 Å². The van der Waals surface area contributed by atoms with Crippen LogP contribution in [0.5, 0.6) is 5.75 Å². The number of ether oxygens (including phenoxy) is 2. The van der Waals surface area contributed by atoms with Crippen molar-refractivity contribution < 1.29 is 24.2 Å². The predicted molar refractivity (Wildman–Crippen MR) is 87.4 cm³/mol. The molecule has 2 N–H and O–H groups in total. The van der Waals surface area contributed by atoms with Crippen molar-refractivity contribution in [2.75, 3.05) is 19.8 Å². The number of hydrogen-bond acceptors (Lipinski definition) is 4. The molecule has 6 nitrogen and oxygen atoms in total. The van der Waals surface area contributed by atoms with Crippen molar-refractivity contribution in [1.82, 2.24) is 5.32 Å². The standard InChI is InChI=1S/C16H20BrNO5/c17-12-4-6-13(7-5-12)23-9-2-1-3-14(19)18-16(15(20)21)8-10-22-11-16/h4-7H,1-3,8-11H2,(H,18,19)(H,20,21). The maximum atomic E-state index is 11.9. The summed E-state index contributed by atoms with van der Waals surface area (Å²) in [6.45, 7) is 0.899. The van der Waals surface area contributed by atoms with E-state index in [0.717, 1.165) is 16.6 Å². The van der Waals surface area contributed by atoms with E-state index in [4.69, 9.17) is 9.47 Å². The molecule has 0 aromatic heterocycles. The molecule has 1 aliphatic rings. The number of carboxylic acid groups (broad SMARTS) is 1. The molecular formula is C16H20BrNO5. The average molecular weight is 386 g/mol. The van der Waals surface area contributed by atoms with Crippen LogP contribution < -0.4 is 10.1 Å². The lowest BCUT2D eigenvalue weighted by atomic mass is 9.98. The van der Waals surface area contributed by atoms with Crippen LogP contribution in [0.25, 0.3) is 0 Å². The smallest absolute Gasteiger partial charge is 0.331 e. The second-order valence-corrected chi connectivity index (χ2v) is 6.41. The van der Waals surface area contributed by atoms with Gasteiger partial charge in [-0.05, 0) is 37.1 Å². The molecule has 1 heterocycles. The number of unbranched alkanes of at least 4 members (excludes halogenated alkanes) is 1. The lowest BCUT2D eigenvalue weighted by Gasteiger charge is -2.23. The van der Waals surface area contributed by atoms with E-state index in [-0.39, 0.29) is 18.9 Å². The van der Waals surface area contributed by atoms with Crippen LogP contribution in [0.1, 0.15) is 25.7 Å². The molecule has 0 radical (unpaired) electrons. The minimum absolute atomic E-state index is 0.0285. The molecule has 1 aromatic rings. The highest BCUT2D eigenvalue weighted by atomic mass is 79.9. The van der Waals surface area contributed by atoms with Gasteiger partial charge in [-0.3, -0.25) is 4.79 Å². The lowest BCUT2D eigenvalue weighted by Crippen LogP contribution is -2.55. The molecule has 0 spiro atoms. The van der Waals surface area contributed by atoms with Crippen molar-refractivity contribution in [2.24, 2.45) is 0 Å². The van der Waals surface area contributed by atoms with Crippen LogP contribution in [0.15, 0.2) is 28.7 Å². The number of aliphatic carboxylic acids is 1. The van der Waals surface area contributed by atoms with Crippen molar-refractivity contribution >= 4 is 27.8 Å². The molecule has 2 rings (SSSR count). The maximum Gasteiger partial charge on any atom is 0.331 e. The first-order chi connectivity index (χ1) is 11.0. The number of carbonyl (C=O) groups is 2. The molecule has 126 valence electrons. The second kappa shape index (κ2) is 8.31. The van der Waals surface area contributed by atoms with Gasteiger partial charge in [0.15, 0.2) is 5.54 Å². The van der Waals surface area contributed by atoms with Gasteiger partial charge in [-0.15, -0.1) is 0 Å². The van der Waals surface area contributed by atoms with E-state index in [1.54, 1.807) is 0 Å². The zero-order chi connectivity index (χ0) is 16.7. The number of benzene rings is 1. The highest BCUT2D eigenvalue weighted by molar-refractivity contribution is 9.10. The molecule has 7 heteroatoms. The number of carboxylic acids is 1. The fraction of sp³-hybridized carbons (Fsp3) is 0.500. The van der Waals surface area contributed by atoms with Gasteiger partial charge >= 0.3 is 5.97 Å². The van der Waals surface area contributed by atoms with Gasteiger partial charge in [0.1, 0.15) is 5.75 Å². The third-order valence-corrected chi connectivity index (χ3v) is 4.22. The second-order valence-electron chi connectivity index (χ2n) is 5.50. The molecule has 1 unspecified atom stereocenters. The number of halogens is 1. The summed E-state index contributed by atoms with van der Waals surface area (Å²) in [4.78, 5) is 23.2. The Morgan fingerprint density at radius 2 is 2.04 bits per heavy atom. The fourth-order valence-corrected chi connectivity index (χ4v) is 2.59. The predicted octanol–water partition coefficient (Wildman–Crippen LogP) is 2.36. The number of nitrogens with one attached hydrogen (secondary N) is 1. The number of amides is 1. The van der Waals surface area contributed by atoms with Crippen molar-refractivity contribution in [3.05, 3.63) is 28.7 Å². The monoisotopic (exact) mass is 385 g/mol. The van der Waals surface area contributed by atoms with Crippen molar-refractivity contribution in [3.8, 4) is 5.75 Å². The summed E-state index contributed by atoms with van der Waals surface area (Å²) in [7, 11) is 0. The van der Waals surface area contributed by atoms with Gasteiger partial charge in [0.25, 0.3) is 0 Å². The van der Waals surface area contributed by atoms with Gasteiger partial charge in [-0.25, -0.2) is 4.79 Å². The first-order valence-electron chi connectivity index (χ1n) is 7.52. The molecule has 0 aliphatic carbocycles. The van der Waals surface area contributed by atoms with E-state index in [0.29, 0.717) is 26.1 Å². The van der Waals surface area contributed by atoms with Crippen LogP contribution in [-0.4, -0.2) is 42.3 Å². The Bertz CT molecular complexity index is 540. The first-order valence-corrected chi connectivity index (χ1v) is 8.32. The summed E-state index contributed by atoms with van der Waals surface area (Å²) in [5.41, 5.74) is -1.26. The van der Waals surface area contributed by atoms with E-state index in [9.17, 15) is 14.7 Å². The van der Waals surface area contributed by atoms with Crippen molar-refractivity contribution in [2.45, 2.75) is 31.2 Å². The molecule has 23 heavy (non-hydrogen) atoms. The minimum atomic E-state index is -1.26. The zero-order valence-electron chi connectivity index (χ0n) is 12.7. The van der Waals surface area contributed by atoms with Gasteiger partial charge in [0.2, 0.25) is 5.91 Å². The Labute approximate surface area is 143 Å². The summed E-state index contributed by atoms with van der Waals surface area (Å²) < 4.78 is 11.7. The van der Waals surface area contributed by atoms with Crippen LogP contribution in [-0.2, 0) is 14.3 Å². The Hall–Kier alpha value is -1.60. The van der Waals surface area contributed by atoms with E-state index < -0.39 is 11.5 Å². The van der Waals surface area contributed by atoms with Crippen LogP contribution >= 0.6 is 15.9 Å². The summed E-state index contributed by atoms with van der Waals surface area (Å²) >= 11 is 3.35. The van der Waals surface area contributed by atoms with Gasteiger partial charge in [0.05, 0.1) is 13.2 Å². The molecule has 0 saturated carbocycles. The Morgan fingerprint density at radius 3 is 2.65 bits per heavy atom. The Kier molecular flexibility index (Phi) is 6.41. The highest BCUT2D eigenvalue weighted by Crippen LogP contribution is 2.19. The Balaban J connectivity index is 1.65. The molecular weight excluding hydrogens is 366 g/mol. The third kappa shape index (κ3) is 5.21. The summed E-state index contributed by atoms with van der Waals surface area (Å²) in [6.07, 6.45) is 1.94. The quantitative estimate of drug-likeness (QED) is 0.670. The number of rotatable bonds is 8. The Morgan fingerprint density at radius 1 is 1.30 bits per heavy atom. The van der Waals surface area contributed by atoms with Crippen LogP contribution in [0.3, 0.4) is 0 Å².